The first-order valence-electron chi connectivity index (χ1n) is 8.34. The van der Waals surface area contributed by atoms with E-state index in [1.807, 2.05) is 0 Å². The molecule has 1 N–H and O–H groups in total. The van der Waals surface area contributed by atoms with Crippen LogP contribution in [0.15, 0.2) is 30.6 Å². The maximum atomic E-state index is 13.8. The Labute approximate surface area is 161 Å². The Kier molecular flexibility index (Phi) is 7.02. The predicted octanol–water partition coefficient (Wildman–Crippen LogP) is 2.84. The number of urea groups is 1. The Hall–Kier alpha value is -3.04. The van der Waals surface area contributed by atoms with Gasteiger partial charge in [0.15, 0.2) is 11.6 Å². The molecule has 0 bridgehead atoms. The first-order valence-corrected chi connectivity index (χ1v) is 8.34. The van der Waals surface area contributed by atoms with Crippen LogP contribution in [0, 0.1) is 5.82 Å². The molecule has 0 radical (unpaired) electrons. The van der Waals surface area contributed by atoms with Gasteiger partial charge in [-0.15, -0.1) is 0 Å². The average Bonchev–Trinajstić information content (AvgIpc) is 2.65. The molecule has 2 aromatic rings. The van der Waals surface area contributed by atoms with Gasteiger partial charge in [-0.2, -0.15) is 0 Å². The number of nitrogens with one attached hydrogen (secondary N) is 1. The van der Waals surface area contributed by atoms with Crippen LogP contribution >= 0.6 is 0 Å². The molecule has 2 amide bonds. The smallest absolute Gasteiger partial charge is 0.318 e. The van der Waals surface area contributed by atoms with Gasteiger partial charge in [-0.25, -0.2) is 27.9 Å². The van der Waals surface area contributed by atoms with Crippen molar-refractivity contribution in [2.75, 3.05) is 33.2 Å². The summed E-state index contributed by atoms with van der Waals surface area (Å²) in [4.78, 5) is 23.5. The summed E-state index contributed by atoms with van der Waals surface area (Å²) in [5.74, 6) is -0.345. The van der Waals surface area contributed by atoms with Crippen LogP contribution in [0.5, 0.6) is 5.75 Å². The van der Waals surface area contributed by atoms with Crippen molar-refractivity contribution in [3.8, 4) is 5.75 Å². The maximum absolute atomic E-state index is 13.8. The lowest BCUT2D eigenvalue weighted by Gasteiger charge is -2.24. The van der Waals surface area contributed by atoms with E-state index in [9.17, 15) is 18.0 Å². The van der Waals surface area contributed by atoms with Gasteiger partial charge >= 0.3 is 6.03 Å². The molecular weight excluding hydrogens is 375 g/mol. The molecule has 1 heterocycles. The number of rotatable bonds is 7. The molecule has 0 aliphatic carbocycles. The fraction of sp³-hybridized carbons (Fsp3) is 0.389. The summed E-state index contributed by atoms with van der Waals surface area (Å²) in [6.45, 7) is 0.118. The van der Waals surface area contributed by atoms with Crippen LogP contribution in [-0.4, -0.2) is 55.6 Å². The Bertz CT molecular complexity index is 802. The first kappa shape index (κ1) is 21.3. The highest BCUT2D eigenvalue weighted by Crippen LogP contribution is 2.26. The van der Waals surface area contributed by atoms with Crippen molar-refractivity contribution >= 4 is 12.0 Å². The summed E-state index contributed by atoms with van der Waals surface area (Å²) in [6, 6.07) is 1.04. The normalized spacial score (nSPS) is 11.9. The SMILES string of the molecule is COc1ccc([C@H](NC(=O)N(C)Cc2cnc(N(C)C)nc2)C(F)F)cc1F. The number of methoxy groups -OCH3 is 1. The van der Waals surface area contributed by atoms with Crippen molar-refractivity contribution in [2.24, 2.45) is 0 Å². The number of ether oxygens (including phenoxy) is 1. The van der Waals surface area contributed by atoms with E-state index in [1.165, 1.54) is 31.2 Å². The van der Waals surface area contributed by atoms with Crippen LogP contribution in [0.3, 0.4) is 0 Å². The molecule has 152 valence electrons. The Morgan fingerprint density at radius 1 is 1.21 bits per heavy atom. The van der Waals surface area contributed by atoms with Crippen molar-refractivity contribution in [1.29, 1.82) is 0 Å². The third-order valence-electron chi connectivity index (χ3n) is 3.92. The minimum Gasteiger partial charge on any atom is -0.494 e. The van der Waals surface area contributed by atoms with Crippen molar-refractivity contribution in [2.45, 2.75) is 19.0 Å². The number of aromatic nitrogens is 2. The molecule has 0 aliphatic heterocycles. The number of hydrogen-bond acceptors (Lipinski definition) is 5. The van der Waals surface area contributed by atoms with Crippen molar-refractivity contribution in [1.82, 2.24) is 20.2 Å². The van der Waals surface area contributed by atoms with Crippen LogP contribution in [0.25, 0.3) is 0 Å². The quantitative estimate of drug-likeness (QED) is 0.778. The van der Waals surface area contributed by atoms with Gasteiger partial charge in [0.2, 0.25) is 5.95 Å². The number of alkyl halides is 2. The Balaban J connectivity index is 2.07. The molecule has 10 heteroatoms. The average molecular weight is 397 g/mol. The number of carbonyl (C=O) groups is 1. The maximum Gasteiger partial charge on any atom is 0.318 e. The molecular formula is C18H22F3N5O2. The molecule has 0 spiro atoms. The number of amides is 2. The van der Waals surface area contributed by atoms with Gasteiger partial charge < -0.3 is 19.9 Å². The predicted molar refractivity (Wildman–Crippen MR) is 98.1 cm³/mol. The topological polar surface area (TPSA) is 70.6 Å². The summed E-state index contributed by atoms with van der Waals surface area (Å²) >= 11 is 0. The van der Waals surface area contributed by atoms with Crippen LogP contribution in [0.2, 0.25) is 0 Å². The third kappa shape index (κ3) is 5.24. The summed E-state index contributed by atoms with van der Waals surface area (Å²) < 4.78 is 45.5. The lowest BCUT2D eigenvalue weighted by molar-refractivity contribution is 0.0971. The van der Waals surface area contributed by atoms with Crippen LogP contribution < -0.4 is 15.0 Å². The summed E-state index contributed by atoms with van der Waals surface area (Å²) in [6.07, 6.45) is 0.179. The minimum absolute atomic E-state index is 0.0614. The number of halogens is 3. The second-order valence-corrected chi connectivity index (χ2v) is 6.30. The number of anilines is 1. The van der Waals surface area contributed by atoms with E-state index in [0.29, 0.717) is 11.5 Å². The van der Waals surface area contributed by atoms with Gasteiger partial charge in [-0.05, 0) is 17.7 Å². The molecule has 0 aliphatic rings. The van der Waals surface area contributed by atoms with E-state index < -0.39 is 24.3 Å². The summed E-state index contributed by atoms with van der Waals surface area (Å²) in [5, 5.41) is 2.23. The Morgan fingerprint density at radius 2 is 1.86 bits per heavy atom. The largest absolute Gasteiger partial charge is 0.494 e. The van der Waals surface area contributed by atoms with Crippen molar-refractivity contribution in [3.05, 3.63) is 47.5 Å². The van der Waals surface area contributed by atoms with Crippen molar-refractivity contribution < 1.29 is 22.7 Å². The minimum atomic E-state index is -2.92. The molecule has 0 saturated carbocycles. The fourth-order valence-corrected chi connectivity index (χ4v) is 2.42. The van der Waals surface area contributed by atoms with Crippen LogP contribution in [0.4, 0.5) is 23.9 Å². The molecule has 28 heavy (non-hydrogen) atoms. The van der Waals surface area contributed by atoms with Gasteiger partial charge in [0, 0.05) is 39.1 Å². The van der Waals surface area contributed by atoms with Gasteiger partial charge in [-0.3, -0.25) is 0 Å². The van der Waals surface area contributed by atoms with Crippen LogP contribution in [-0.2, 0) is 6.54 Å². The number of benzene rings is 1. The molecule has 1 atom stereocenters. The standard InChI is InChI=1S/C18H22F3N5O2/c1-25(2)17-22-8-11(9-23-17)10-26(3)18(27)24-15(16(20)21)12-5-6-14(28-4)13(19)7-12/h5-9,15-16H,10H2,1-4H3,(H,24,27)/t15-/m0/s1. The van der Waals surface area contributed by atoms with E-state index in [4.69, 9.17) is 4.74 Å². The third-order valence-corrected chi connectivity index (χ3v) is 3.92. The second-order valence-electron chi connectivity index (χ2n) is 6.30. The second kappa shape index (κ2) is 9.25. The zero-order chi connectivity index (χ0) is 20.8. The van der Waals surface area contributed by atoms with E-state index >= 15 is 0 Å². The lowest BCUT2D eigenvalue weighted by atomic mass is 10.1. The number of hydrogen-bond donors (Lipinski definition) is 1. The molecule has 0 saturated heterocycles. The number of carbonyl (C=O) groups excluding carboxylic acids is 1. The highest BCUT2D eigenvalue weighted by Gasteiger charge is 2.26. The van der Waals surface area contributed by atoms with Crippen molar-refractivity contribution in [3.63, 3.8) is 0 Å². The van der Waals surface area contributed by atoms with E-state index in [0.717, 1.165) is 6.07 Å². The fourth-order valence-electron chi connectivity index (χ4n) is 2.42. The lowest BCUT2D eigenvalue weighted by Crippen LogP contribution is -2.41. The van der Waals surface area contributed by atoms with E-state index in [-0.39, 0.29) is 17.9 Å². The molecule has 0 fully saturated rings. The molecule has 1 aromatic heterocycles. The molecule has 2 rings (SSSR count). The highest BCUT2D eigenvalue weighted by molar-refractivity contribution is 5.74. The van der Waals surface area contributed by atoms with Crippen LogP contribution in [0.1, 0.15) is 17.2 Å². The molecule has 1 aromatic carbocycles. The summed E-state index contributed by atoms with van der Waals surface area (Å²) in [5.41, 5.74) is 0.570. The van der Waals surface area contributed by atoms with Gasteiger partial charge in [0.05, 0.1) is 13.7 Å². The summed E-state index contributed by atoms with van der Waals surface area (Å²) in [7, 11) is 6.31. The zero-order valence-electron chi connectivity index (χ0n) is 16.0. The van der Waals surface area contributed by atoms with Gasteiger partial charge in [0.25, 0.3) is 6.43 Å². The van der Waals surface area contributed by atoms with Gasteiger partial charge in [-0.1, -0.05) is 6.07 Å². The molecule has 7 nitrogen and oxygen atoms in total. The zero-order valence-corrected chi connectivity index (χ0v) is 16.0. The molecule has 0 unspecified atom stereocenters. The number of nitrogens with zero attached hydrogens (tertiary/aromatic N) is 4. The highest BCUT2D eigenvalue weighted by atomic mass is 19.3. The first-order chi connectivity index (χ1) is 13.2. The van der Waals surface area contributed by atoms with E-state index in [1.54, 1.807) is 31.4 Å². The Morgan fingerprint density at radius 3 is 2.36 bits per heavy atom. The van der Waals surface area contributed by atoms with E-state index in [2.05, 4.69) is 15.3 Å². The van der Waals surface area contributed by atoms with Gasteiger partial charge in [0.1, 0.15) is 6.04 Å². The monoisotopic (exact) mass is 397 g/mol.